The summed E-state index contributed by atoms with van der Waals surface area (Å²) in [5.74, 6) is -0.922. The van der Waals surface area contributed by atoms with Crippen LogP contribution in [0.3, 0.4) is 0 Å². The number of pyridine rings is 1. The van der Waals surface area contributed by atoms with Crippen LogP contribution in [-0.2, 0) is 0 Å². The zero-order chi connectivity index (χ0) is 13.3. The van der Waals surface area contributed by atoms with Crippen molar-refractivity contribution in [2.24, 2.45) is 0 Å². The van der Waals surface area contributed by atoms with Crippen LogP contribution in [0.15, 0.2) is 6.07 Å². The third kappa shape index (κ3) is 2.61. The predicted molar refractivity (Wildman–Crippen MR) is 70.2 cm³/mol. The second-order valence-corrected chi connectivity index (χ2v) is 4.97. The van der Waals surface area contributed by atoms with Gasteiger partial charge >= 0.3 is 5.97 Å². The quantitative estimate of drug-likeness (QED) is 0.850. The van der Waals surface area contributed by atoms with E-state index in [0.29, 0.717) is 17.4 Å². The highest BCUT2D eigenvalue weighted by Gasteiger charge is 2.22. The first-order valence-corrected chi connectivity index (χ1v) is 6.14. The molecule has 2 N–H and O–H groups in total. The number of aryl methyl sites for hydroxylation is 2. The SMILES string of the molecule is Cc1cc(NC2CCN(C)C2)c(C(=O)O)c(C)n1. The summed E-state index contributed by atoms with van der Waals surface area (Å²) in [4.78, 5) is 17.8. The highest BCUT2D eigenvalue weighted by molar-refractivity contribution is 5.95. The number of carboxylic acids is 1. The number of rotatable bonds is 3. The smallest absolute Gasteiger partial charge is 0.339 e. The molecule has 1 fully saturated rings. The average Bonchev–Trinajstić information content (AvgIpc) is 2.62. The average molecular weight is 249 g/mol. The molecule has 0 aliphatic carbocycles. The molecule has 1 aromatic rings. The van der Waals surface area contributed by atoms with E-state index in [0.717, 1.165) is 25.2 Å². The van der Waals surface area contributed by atoms with E-state index < -0.39 is 5.97 Å². The molecule has 0 amide bonds. The van der Waals surface area contributed by atoms with Crippen molar-refractivity contribution in [2.45, 2.75) is 26.3 Å². The van der Waals surface area contributed by atoms with Gasteiger partial charge < -0.3 is 15.3 Å². The summed E-state index contributed by atoms with van der Waals surface area (Å²) in [6.45, 7) is 5.61. The summed E-state index contributed by atoms with van der Waals surface area (Å²) < 4.78 is 0. The minimum Gasteiger partial charge on any atom is -0.478 e. The van der Waals surface area contributed by atoms with Crippen molar-refractivity contribution >= 4 is 11.7 Å². The first-order chi connectivity index (χ1) is 8.47. The van der Waals surface area contributed by atoms with Crippen LogP contribution in [0.5, 0.6) is 0 Å². The molecule has 1 saturated heterocycles. The predicted octanol–water partition coefficient (Wildman–Crippen LogP) is 1.51. The van der Waals surface area contributed by atoms with E-state index in [4.69, 9.17) is 0 Å². The standard InChI is InChI=1S/C13H19N3O2/c1-8-6-11(12(13(17)18)9(2)14-8)15-10-4-5-16(3)7-10/h6,10H,4-5,7H2,1-3H3,(H,14,15)(H,17,18). The van der Waals surface area contributed by atoms with Gasteiger partial charge in [0.25, 0.3) is 0 Å². The Labute approximate surface area is 107 Å². The van der Waals surface area contributed by atoms with Crippen LogP contribution < -0.4 is 5.32 Å². The molecule has 1 aromatic heterocycles. The Morgan fingerprint density at radius 1 is 1.56 bits per heavy atom. The zero-order valence-corrected chi connectivity index (χ0v) is 11.0. The molecule has 98 valence electrons. The Bertz CT molecular complexity index is 474. The lowest BCUT2D eigenvalue weighted by Crippen LogP contribution is -2.25. The van der Waals surface area contributed by atoms with E-state index in [1.807, 2.05) is 13.0 Å². The molecule has 0 spiro atoms. The van der Waals surface area contributed by atoms with Crippen molar-refractivity contribution in [2.75, 3.05) is 25.5 Å². The number of carbonyl (C=O) groups is 1. The van der Waals surface area contributed by atoms with Crippen molar-refractivity contribution in [3.63, 3.8) is 0 Å². The molecule has 2 rings (SSSR count). The van der Waals surface area contributed by atoms with Crippen molar-refractivity contribution in [1.29, 1.82) is 0 Å². The van der Waals surface area contributed by atoms with Crippen LogP contribution in [0.2, 0.25) is 0 Å². The fourth-order valence-electron chi connectivity index (χ4n) is 2.49. The number of nitrogens with zero attached hydrogens (tertiary/aromatic N) is 2. The third-order valence-corrected chi connectivity index (χ3v) is 3.29. The highest BCUT2D eigenvalue weighted by atomic mass is 16.4. The lowest BCUT2D eigenvalue weighted by molar-refractivity contribution is 0.0696. The molecule has 0 bridgehead atoms. The lowest BCUT2D eigenvalue weighted by Gasteiger charge is -2.17. The van der Waals surface area contributed by atoms with Gasteiger partial charge in [0.15, 0.2) is 0 Å². The minimum atomic E-state index is -0.922. The molecule has 5 nitrogen and oxygen atoms in total. The number of aromatic nitrogens is 1. The molecule has 1 aliphatic heterocycles. The largest absolute Gasteiger partial charge is 0.478 e. The number of carboxylic acid groups (broad SMARTS) is 1. The maximum atomic E-state index is 11.3. The summed E-state index contributed by atoms with van der Waals surface area (Å²) in [6, 6.07) is 2.13. The first kappa shape index (κ1) is 12.8. The second-order valence-electron chi connectivity index (χ2n) is 4.97. The Kier molecular flexibility index (Phi) is 3.52. The second kappa shape index (κ2) is 4.94. The number of anilines is 1. The highest BCUT2D eigenvalue weighted by Crippen LogP contribution is 2.22. The van der Waals surface area contributed by atoms with Crippen LogP contribution in [0.1, 0.15) is 28.2 Å². The number of aromatic carboxylic acids is 1. The van der Waals surface area contributed by atoms with Gasteiger partial charge in [0.05, 0.1) is 11.4 Å². The molecular weight excluding hydrogens is 230 g/mol. The fourth-order valence-corrected chi connectivity index (χ4v) is 2.49. The van der Waals surface area contributed by atoms with E-state index in [9.17, 15) is 9.90 Å². The Morgan fingerprint density at radius 3 is 2.83 bits per heavy atom. The normalized spacial score (nSPS) is 20.1. The summed E-state index contributed by atoms with van der Waals surface area (Å²) in [7, 11) is 2.07. The van der Waals surface area contributed by atoms with Crippen molar-refractivity contribution in [3.05, 3.63) is 23.0 Å². The fraction of sp³-hybridized carbons (Fsp3) is 0.538. The molecule has 5 heteroatoms. The van der Waals surface area contributed by atoms with Gasteiger partial charge in [-0.1, -0.05) is 0 Å². The first-order valence-electron chi connectivity index (χ1n) is 6.14. The van der Waals surface area contributed by atoms with Gasteiger partial charge in [-0.15, -0.1) is 0 Å². The summed E-state index contributed by atoms with van der Waals surface area (Å²) in [5, 5.41) is 12.6. The van der Waals surface area contributed by atoms with Gasteiger partial charge in [0.2, 0.25) is 0 Å². The Hall–Kier alpha value is -1.62. The van der Waals surface area contributed by atoms with E-state index in [-0.39, 0.29) is 5.56 Å². The van der Waals surface area contributed by atoms with E-state index >= 15 is 0 Å². The molecule has 1 aliphatic rings. The summed E-state index contributed by atoms with van der Waals surface area (Å²) in [6.07, 6.45) is 1.04. The topological polar surface area (TPSA) is 65.5 Å². The van der Waals surface area contributed by atoms with Crippen molar-refractivity contribution < 1.29 is 9.90 Å². The molecule has 2 heterocycles. The summed E-state index contributed by atoms with van der Waals surface area (Å²) in [5.41, 5.74) is 2.38. The van der Waals surface area contributed by atoms with E-state index in [1.54, 1.807) is 6.92 Å². The molecule has 0 aromatic carbocycles. The Balaban J connectivity index is 2.28. The van der Waals surface area contributed by atoms with Crippen LogP contribution in [0, 0.1) is 13.8 Å². The number of likely N-dealkylation sites (N-methyl/N-ethyl adjacent to an activating group) is 1. The molecular formula is C13H19N3O2. The van der Waals surface area contributed by atoms with Gasteiger partial charge in [0.1, 0.15) is 5.56 Å². The molecule has 18 heavy (non-hydrogen) atoms. The molecule has 0 radical (unpaired) electrons. The maximum absolute atomic E-state index is 11.3. The van der Waals surface area contributed by atoms with Gasteiger partial charge in [-0.2, -0.15) is 0 Å². The summed E-state index contributed by atoms with van der Waals surface area (Å²) >= 11 is 0. The van der Waals surface area contributed by atoms with Crippen LogP contribution >= 0.6 is 0 Å². The van der Waals surface area contributed by atoms with Gasteiger partial charge in [-0.25, -0.2) is 4.79 Å². The van der Waals surface area contributed by atoms with Crippen molar-refractivity contribution in [1.82, 2.24) is 9.88 Å². The number of hydrogen-bond acceptors (Lipinski definition) is 4. The third-order valence-electron chi connectivity index (χ3n) is 3.29. The van der Waals surface area contributed by atoms with Gasteiger partial charge in [-0.3, -0.25) is 4.98 Å². The molecule has 1 unspecified atom stereocenters. The molecule has 1 atom stereocenters. The van der Waals surface area contributed by atoms with Crippen molar-refractivity contribution in [3.8, 4) is 0 Å². The molecule has 0 saturated carbocycles. The van der Waals surface area contributed by atoms with E-state index in [2.05, 4.69) is 22.2 Å². The Morgan fingerprint density at radius 2 is 2.28 bits per heavy atom. The number of likely N-dealkylation sites (tertiary alicyclic amines) is 1. The minimum absolute atomic E-state index is 0.287. The van der Waals surface area contributed by atoms with Gasteiger partial charge in [-0.05, 0) is 39.9 Å². The van der Waals surface area contributed by atoms with Crippen LogP contribution in [0.25, 0.3) is 0 Å². The number of nitrogens with one attached hydrogen (secondary N) is 1. The monoisotopic (exact) mass is 249 g/mol. The van der Waals surface area contributed by atoms with E-state index in [1.165, 1.54) is 0 Å². The maximum Gasteiger partial charge on any atom is 0.339 e. The van der Waals surface area contributed by atoms with Crippen LogP contribution in [0.4, 0.5) is 5.69 Å². The van der Waals surface area contributed by atoms with Crippen LogP contribution in [-0.4, -0.2) is 47.1 Å². The van der Waals surface area contributed by atoms with Gasteiger partial charge in [0, 0.05) is 18.3 Å². The zero-order valence-electron chi connectivity index (χ0n) is 11.0. The number of hydrogen-bond donors (Lipinski definition) is 2. The lowest BCUT2D eigenvalue weighted by atomic mass is 10.1.